The summed E-state index contributed by atoms with van der Waals surface area (Å²) in [4.78, 5) is 38.2. The second kappa shape index (κ2) is 65.9. The number of ether oxygens (including phenoxy) is 3. The Balaban J connectivity index is 4.10. The van der Waals surface area contributed by atoms with Crippen molar-refractivity contribution in [1.29, 1.82) is 0 Å². The Morgan fingerprint density at radius 1 is 0.273 bits per heavy atom. The molecule has 0 saturated carbocycles. The van der Waals surface area contributed by atoms with E-state index in [-0.39, 0.29) is 37.5 Å². The molecule has 0 radical (unpaired) electrons. The fraction of sp³-hybridized carbons (Fsp3) is 0.845. The zero-order valence-electron chi connectivity index (χ0n) is 51.7. The Morgan fingerprint density at radius 3 is 0.792 bits per heavy atom. The van der Waals surface area contributed by atoms with Gasteiger partial charge in [0, 0.05) is 19.3 Å². The van der Waals surface area contributed by atoms with Gasteiger partial charge in [0.15, 0.2) is 6.10 Å². The zero-order chi connectivity index (χ0) is 55.7. The number of carbonyl (C=O) groups is 3. The Hall–Kier alpha value is -2.63. The van der Waals surface area contributed by atoms with E-state index in [4.69, 9.17) is 14.2 Å². The summed E-state index contributed by atoms with van der Waals surface area (Å²) in [5.41, 5.74) is 0. The lowest BCUT2D eigenvalue weighted by Crippen LogP contribution is -2.30. The molecule has 0 heterocycles. The van der Waals surface area contributed by atoms with Gasteiger partial charge in [-0.05, 0) is 44.9 Å². The van der Waals surface area contributed by atoms with Crippen molar-refractivity contribution in [3.05, 3.63) is 48.6 Å². The number of esters is 3. The van der Waals surface area contributed by atoms with E-state index in [1.54, 1.807) is 0 Å². The summed E-state index contributed by atoms with van der Waals surface area (Å²) in [6.45, 7) is 6.52. The van der Waals surface area contributed by atoms with Crippen molar-refractivity contribution in [2.45, 2.75) is 374 Å². The van der Waals surface area contributed by atoms with Gasteiger partial charge < -0.3 is 14.2 Å². The number of allylic oxidation sites excluding steroid dienone is 8. The molecule has 0 N–H and O–H groups in total. The highest BCUT2D eigenvalue weighted by Crippen LogP contribution is 2.19. The van der Waals surface area contributed by atoms with Gasteiger partial charge in [0.1, 0.15) is 13.2 Å². The molecule has 1 atom stereocenters. The fourth-order valence-corrected chi connectivity index (χ4v) is 10.3. The molecule has 0 bridgehead atoms. The molecule has 450 valence electrons. The molecule has 0 rings (SSSR count). The van der Waals surface area contributed by atoms with Gasteiger partial charge in [0.2, 0.25) is 0 Å². The quantitative estimate of drug-likeness (QED) is 0.0261. The van der Waals surface area contributed by atoms with E-state index in [0.29, 0.717) is 19.3 Å². The first-order valence-corrected chi connectivity index (χ1v) is 34.1. The summed E-state index contributed by atoms with van der Waals surface area (Å²) in [5.74, 6) is -0.954. The molecule has 0 aliphatic rings. The van der Waals surface area contributed by atoms with Crippen molar-refractivity contribution < 1.29 is 28.6 Å². The van der Waals surface area contributed by atoms with Gasteiger partial charge in [0.25, 0.3) is 0 Å². The molecule has 6 heteroatoms. The van der Waals surface area contributed by atoms with E-state index in [2.05, 4.69) is 63.3 Å². The minimum Gasteiger partial charge on any atom is -0.462 e. The first kappa shape index (κ1) is 74.4. The molecule has 1 unspecified atom stereocenters. The molecule has 0 spiro atoms. The zero-order valence-corrected chi connectivity index (χ0v) is 51.7. The van der Waals surface area contributed by atoms with Crippen molar-refractivity contribution >= 4 is 17.9 Å². The van der Waals surface area contributed by atoms with Crippen molar-refractivity contribution in [3.63, 3.8) is 0 Å². The SMILES string of the molecule is CC/C=C\C/C=C\C/C=C\C/C=C\CCC(=O)OCC(COC(=O)CCCCCCCCCCCCCCCCCCCCCCCCCCCCCCCCCC)OC(=O)CCCCCCCCCCCCCCCC. The second-order valence-corrected chi connectivity index (χ2v) is 23.1. The standard InChI is InChI=1S/C71H130O6/c1-4-7-10-13-16-19-22-25-27-28-29-30-31-32-33-34-35-36-37-38-39-40-41-42-43-44-47-49-52-55-58-61-64-70(73)76-67-68(66-75-69(72)63-60-57-54-51-48-45-24-21-18-15-12-9-6-3)77-71(74)65-62-59-56-53-50-46-26-23-20-17-14-11-8-5-2/h9,12,18,21,45,48,54,57,68H,4-8,10-11,13-17,19-20,22-44,46-47,49-53,55-56,58-67H2,1-3H3/b12-9-,21-18-,48-45-,57-54-. The third kappa shape index (κ3) is 64.1. The molecule has 0 aromatic carbocycles. The summed E-state index contributed by atoms with van der Waals surface area (Å²) in [6.07, 6.45) is 83.2. The minimum absolute atomic E-state index is 0.0902. The number of rotatable bonds is 63. The maximum Gasteiger partial charge on any atom is 0.306 e. The number of unbranched alkanes of at least 4 members (excludes halogenated alkanes) is 44. The average Bonchev–Trinajstić information content (AvgIpc) is 3.43. The van der Waals surface area contributed by atoms with Crippen LogP contribution in [0, 0.1) is 0 Å². The lowest BCUT2D eigenvalue weighted by molar-refractivity contribution is -0.166. The summed E-state index contributed by atoms with van der Waals surface area (Å²) < 4.78 is 16.8. The van der Waals surface area contributed by atoms with Crippen LogP contribution >= 0.6 is 0 Å². The van der Waals surface area contributed by atoms with E-state index in [9.17, 15) is 14.4 Å². The van der Waals surface area contributed by atoms with Crippen LogP contribution in [0.5, 0.6) is 0 Å². The van der Waals surface area contributed by atoms with Crippen LogP contribution in [0.1, 0.15) is 367 Å². The van der Waals surface area contributed by atoms with Crippen LogP contribution < -0.4 is 0 Å². The van der Waals surface area contributed by atoms with Gasteiger partial charge >= 0.3 is 17.9 Å². The lowest BCUT2D eigenvalue weighted by Gasteiger charge is -2.18. The van der Waals surface area contributed by atoms with Crippen LogP contribution in [-0.4, -0.2) is 37.2 Å². The van der Waals surface area contributed by atoms with Crippen LogP contribution in [0.25, 0.3) is 0 Å². The van der Waals surface area contributed by atoms with Gasteiger partial charge in [-0.25, -0.2) is 0 Å². The van der Waals surface area contributed by atoms with Crippen LogP contribution in [0.15, 0.2) is 48.6 Å². The largest absolute Gasteiger partial charge is 0.462 e. The van der Waals surface area contributed by atoms with Gasteiger partial charge in [-0.1, -0.05) is 352 Å². The van der Waals surface area contributed by atoms with Crippen LogP contribution in [0.4, 0.5) is 0 Å². The normalized spacial score (nSPS) is 12.3. The van der Waals surface area contributed by atoms with Crippen molar-refractivity contribution in [1.82, 2.24) is 0 Å². The molecule has 0 aromatic rings. The molecule has 0 aliphatic carbocycles. The highest BCUT2D eigenvalue weighted by molar-refractivity contribution is 5.71. The van der Waals surface area contributed by atoms with E-state index in [1.807, 2.05) is 6.08 Å². The third-order valence-electron chi connectivity index (χ3n) is 15.4. The van der Waals surface area contributed by atoms with Crippen LogP contribution in [0.3, 0.4) is 0 Å². The Bertz CT molecular complexity index is 1330. The van der Waals surface area contributed by atoms with Crippen LogP contribution in [0.2, 0.25) is 0 Å². The third-order valence-corrected chi connectivity index (χ3v) is 15.4. The van der Waals surface area contributed by atoms with Crippen LogP contribution in [-0.2, 0) is 28.6 Å². The molecule has 0 aliphatic heterocycles. The second-order valence-electron chi connectivity index (χ2n) is 23.1. The Morgan fingerprint density at radius 2 is 0.506 bits per heavy atom. The van der Waals surface area contributed by atoms with E-state index >= 15 is 0 Å². The predicted octanol–water partition coefficient (Wildman–Crippen LogP) is 23.3. The number of carbonyl (C=O) groups excluding carboxylic acids is 3. The molecular weight excluding hydrogens is 949 g/mol. The molecular formula is C71H130O6. The van der Waals surface area contributed by atoms with Gasteiger partial charge in [-0.2, -0.15) is 0 Å². The van der Waals surface area contributed by atoms with Crippen molar-refractivity contribution in [2.75, 3.05) is 13.2 Å². The number of hydrogen-bond acceptors (Lipinski definition) is 6. The van der Waals surface area contributed by atoms with E-state index < -0.39 is 6.10 Å². The Kier molecular flexibility index (Phi) is 63.6. The van der Waals surface area contributed by atoms with Gasteiger partial charge in [-0.3, -0.25) is 14.4 Å². The van der Waals surface area contributed by atoms with Gasteiger partial charge in [-0.15, -0.1) is 0 Å². The summed E-state index contributed by atoms with van der Waals surface area (Å²) in [7, 11) is 0. The molecule has 0 saturated heterocycles. The Labute approximate surface area is 479 Å². The first-order valence-electron chi connectivity index (χ1n) is 34.1. The topological polar surface area (TPSA) is 78.9 Å². The van der Waals surface area contributed by atoms with E-state index in [0.717, 1.165) is 64.2 Å². The smallest absolute Gasteiger partial charge is 0.306 e. The summed E-state index contributed by atoms with van der Waals surface area (Å²) in [5, 5.41) is 0. The average molecular weight is 1080 g/mol. The number of hydrogen-bond donors (Lipinski definition) is 0. The predicted molar refractivity (Wildman–Crippen MR) is 335 cm³/mol. The summed E-state index contributed by atoms with van der Waals surface area (Å²) >= 11 is 0. The lowest BCUT2D eigenvalue weighted by atomic mass is 10.0. The highest BCUT2D eigenvalue weighted by Gasteiger charge is 2.19. The minimum atomic E-state index is -0.798. The van der Waals surface area contributed by atoms with Crippen molar-refractivity contribution in [2.24, 2.45) is 0 Å². The molecule has 77 heavy (non-hydrogen) atoms. The molecule has 0 aromatic heterocycles. The molecule has 6 nitrogen and oxygen atoms in total. The summed E-state index contributed by atoms with van der Waals surface area (Å²) in [6, 6.07) is 0. The maximum absolute atomic E-state index is 12.9. The molecule has 0 amide bonds. The highest BCUT2D eigenvalue weighted by atomic mass is 16.6. The maximum atomic E-state index is 12.9. The van der Waals surface area contributed by atoms with Crippen molar-refractivity contribution in [3.8, 4) is 0 Å². The fourth-order valence-electron chi connectivity index (χ4n) is 10.3. The first-order chi connectivity index (χ1) is 38.0. The van der Waals surface area contributed by atoms with Gasteiger partial charge in [0.05, 0.1) is 0 Å². The molecule has 0 fully saturated rings. The van der Waals surface area contributed by atoms with E-state index in [1.165, 1.54) is 257 Å². The monoisotopic (exact) mass is 1080 g/mol.